The minimum Gasteiger partial charge on any atom is -0.331 e. The van der Waals surface area contributed by atoms with Crippen molar-refractivity contribution in [3.05, 3.63) is 70.3 Å². The molecular formula is C17H17NO. The second-order valence-electron chi connectivity index (χ2n) is 5.27. The van der Waals surface area contributed by atoms with E-state index in [-0.39, 0.29) is 11.9 Å². The zero-order chi connectivity index (χ0) is 13.6. The molecule has 2 nitrogen and oxygen atoms in total. The summed E-state index contributed by atoms with van der Waals surface area (Å²) in [6.45, 7) is 4.15. The monoisotopic (exact) mass is 251 g/mol. The third-order valence-corrected chi connectivity index (χ3v) is 3.93. The first kappa shape index (κ1) is 12.0. The SMILES string of the molecule is Cc1ccc(C2c3c(C)cccc3C(=O)N2C)cc1. The maximum absolute atomic E-state index is 12.3. The second kappa shape index (κ2) is 4.23. The standard InChI is InChI=1S/C17H17NO/c1-11-7-9-13(10-8-11)16-15-12(2)5-4-6-14(15)17(19)18(16)3/h4-10,16H,1-3H3. The number of rotatable bonds is 1. The van der Waals surface area contributed by atoms with Crippen LogP contribution in [0.2, 0.25) is 0 Å². The van der Waals surface area contributed by atoms with E-state index in [1.165, 1.54) is 16.7 Å². The summed E-state index contributed by atoms with van der Waals surface area (Å²) < 4.78 is 0. The van der Waals surface area contributed by atoms with Crippen LogP contribution in [0.1, 0.15) is 38.7 Å². The van der Waals surface area contributed by atoms with Crippen molar-refractivity contribution in [3.63, 3.8) is 0 Å². The molecule has 0 bridgehead atoms. The number of nitrogens with zero attached hydrogens (tertiary/aromatic N) is 1. The first-order chi connectivity index (χ1) is 9.09. The summed E-state index contributed by atoms with van der Waals surface area (Å²) in [5.41, 5.74) is 5.59. The summed E-state index contributed by atoms with van der Waals surface area (Å²) in [5.74, 6) is 0.115. The Labute approximate surface area is 113 Å². The molecule has 1 amide bonds. The van der Waals surface area contributed by atoms with Crippen LogP contribution in [0.4, 0.5) is 0 Å². The smallest absolute Gasteiger partial charge is 0.254 e. The minimum absolute atomic E-state index is 0.0456. The maximum atomic E-state index is 12.3. The lowest BCUT2D eigenvalue weighted by Crippen LogP contribution is -2.23. The number of fused-ring (bicyclic) bond motifs is 1. The van der Waals surface area contributed by atoms with Crippen molar-refractivity contribution >= 4 is 5.91 Å². The highest BCUT2D eigenvalue weighted by Crippen LogP contribution is 2.39. The molecule has 1 heterocycles. The van der Waals surface area contributed by atoms with Crippen LogP contribution < -0.4 is 0 Å². The molecule has 2 heteroatoms. The Morgan fingerprint density at radius 1 is 1.00 bits per heavy atom. The molecule has 0 spiro atoms. The van der Waals surface area contributed by atoms with E-state index >= 15 is 0 Å². The molecule has 0 N–H and O–H groups in total. The minimum atomic E-state index is 0.0456. The number of aryl methyl sites for hydroxylation is 2. The summed E-state index contributed by atoms with van der Waals surface area (Å²) in [4.78, 5) is 14.2. The molecule has 0 saturated carbocycles. The van der Waals surface area contributed by atoms with E-state index in [1.807, 2.05) is 24.1 Å². The van der Waals surface area contributed by atoms with Gasteiger partial charge >= 0.3 is 0 Å². The van der Waals surface area contributed by atoms with Crippen LogP contribution >= 0.6 is 0 Å². The van der Waals surface area contributed by atoms with Gasteiger partial charge in [0.25, 0.3) is 5.91 Å². The summed E-state index contributed by atoms with van der Waals surface area (Å²) in [6.07, 6.45) is 0. The van der Waals surface area contributed by atoms with Crippen molar-refractivity contribution in [2.45, 2.75) is 19.9 Å². The van der Waals surface area contributed by atoms with E-state index < -0.39 is 0 Å². The van der Waals surface area contributed by atoms with Crippen molar-refractivity contribution in [2.24, 2.45) is 0 Å². The normalized spacial score (nSPS) is 17.7. The Balaban J connectivity index is 2.18. The predicted octanol–water partition coefficient (Wildman–Crippen LogP) is 3.48. The highest BCUT2D eigenvalue weighted by molar-refractivity contribution is 6.00. The summed E-state index contributed by atoms with van der Waals surface area (Å²) >= 11 is 0. The molecule has 1 atom stereocenters. The van der Waals surface area contributed by atoms with Crippen LogP contribution in [-0.2, 0) is 0 Å². The Bertz CT molecular complexity index is 643. The van der Waals surface area contributed by atoms with Gasteiger partial charge < -0.3 is 4.90 Å². The molecule has 96 valence electrons. The second-order valence-corrected chi connectivity index (χ2v) is 5.27. The van der Waals surface area contributed by atoms with Gasteiger partial charge in [-0.05, 0) is 36.6 Å². The quantitative estimate of drug-likeness (QED) is 0.760. The molecule has 1 unspecified atom stereocenters. The van der Waals surface area contributed by atoms with E-state index in [2.05, 4.69) is 44.2 Å². The van der Waals surface area contributed by atoms with Crippen molar-refractivity contribution in [2.75, 3.05) is 7.05 Å². The van der Waals surface area contributed by atoms with Gasteiger partial charge in [0.2, 0.25) is 0 Å². The van der Waals surface area contributed by atoms with Gasteiger partial charge in [0, 0.05) is 12.6 Å². The van der Waals surface area contributed by atoms with Crippen molar-refractivity contribution in [3.8, 4) is 0 Å². The molecule has 1 aliphatic heterocycles. The molecule has 2 aromatic carbocycles. The summed E-state index contributed by atoms with van der Waals surface area (Å²) in [7, 11) is 1.88. The molecule has 3 rings (SSSR count). The average Bonchev–Trinajstić information content (AvgIpc) is 2.66. The molecule has 19 heavy (non-hydrogen) atoms. The van der Waals surface area contributed by atoms with E-state index in [0.717, 1.165) is 11.1 Å². The summed E-state index contributed by atoms with van der Waals surface area (Å²) in [6, 6.07) is 14.4. The molecule has 0 aromatic heterocycles. The molecular weight excluding hydrogens is 234 g/mol. The molecule has 1 aliphatic rings. The Hall–Kier alpha value is -2.09. The van der Waals surface area contributed by atoms with Gasteiger partial charge in [-0.25, -0.2) is 0 Å². The molecule has 0 aliphatic carbocycles. The van der Waals surface area contributed by atoms with Gasteiger partial charge in [0.15, 0.2) is 0 Å². The van der Waals surface area contributed by atoms with E-state index in [9.17, 15) is 4.79 Å². The van der Waals surface area contributed by atoms with Crippen molar-refractivity contribution < 1.29 is 4.79 Å². The lowest BCUT2D eigenvalue weighted by Gasteiger charge is -2.22. The largest absolute Gasteiger partial charge is 0.331 e. The van der Waals surface area contributed by atoms with Gasteiger partial charge in [-0.15, -0.1) is 0 Å². The number of carbonyl (C=O) groups excluding carboxylic acids is 1. The fourth-order valence-electron chi connectivity index (χ4n) is 2.87. The molecule has 0 fully saturated rings. The van der Waals surface area contributed by atoms with Gasteiger partial charge in [0.05, 0.1) is 6.04 Å². The van der Waals surface area contributed by atoms with Gasteiger partial charge in [-0.2, -0.15) is 0 Å². The lowest BCUT2D eigenvalue weighted by atomic mass is 9.94. The number of hydrogen-bond donors (Lipinski definition) is 0. The number of benzene rings is 2. The molecule has 0 radical (unpaired) electrons. The first-order valence-electron chi connectivity index (χ1n) is 6.53. The van der Waals surface area contributed by atoms with Crippen LogP contribution in [0, 0.1) is 13.8 Å². The fourth-order valence-corrected chi connectivity index (χ4v) is 2.87. The Morgan fingerprint density at radius 3 is 2.37 bits per heavy atom. The fraction of sp³-hybridized carbons (Fsp3) is 0.235. The third-order valence-electron chi connectivity index (χ3n) is 3.93. The van der Waals surface area contributed by atoms with Gasteiger partial charge in [-0.3, -0.25) is 4.79 Å². The van der Waals surface area contributed by atoms with Crippen LogP contribution in [0.15, 0.2) is 42.5 Å². The third kappa shape index (κ3) is 1.75. The highest BCUT2D eigenvalue weighted by atomic mass is 16.2. The van der Waals surface area contributed by atoms with E-state index in [0.29, 0.717) is 0 Å². The van der Waals surface area contributed by atoms with Crippen LogP contribution in [0.25, 0.3) is 0 Å². The lowest BCUT2D eigenvalue weighted by molar-refractivity contribution is 0.0793. The van der Waals surface area contributed by atoms with Crippen molar-refractivity contribution in [1.29, 1.82) is 0 Å². The Kier molecular flexibility index (Phi) is 2.67. The predicted molar refractivity (Wildman–Crippen MR) is 76.3 cm³/mol. The Morgan fingerprint density at radius 2 is 1.68 bits per heavy atom. The van der Waals surface area contributed by atoms with E-state index in [4.69, 9.17) is 0 Å². The van der Waals surface area contributed by atoms with Gasteiger partial charge in [-0.1, -0.05) is 42.0 Å². The number of carbonyl (C=O) groups is 1. The zero-order valence-electron chi connectivity index (χ0n) is 11.5. The molecule has 0 saturated heterocycles. The highest BCUT2D eigenvalue weighted by Gasteiger charge is 2.35. The maximum Gasteiger partial charge on any atom is 0.254 e. The van der Waals surface area contributed by atoms with Crippen LogP contribution in [-0.4, -0.2) is 17.9 Å². The van der Waals surface area contributed by atoms with Crippen molar-refractivity contribution in [1.82, 2.24) is 4.90 Å². The average molecular weight is 251 g/mol. The number of amides is 1. The molecule has 2 aromatic rings. The first-order valence-corrected chi connectivity index (χ1v) is 6.53. The van der Waals surface area contributed by atoms with Crippen LogP contribution in [0.3, 0.4) is 0 Å². The number of hydrogen-bond acceptors (Lipinski definition) is 1. The summed E-state index contributed by atoms with van der Waals surface area (Å²) in [5, 5.41) is 0. The van der Waals surface area contributed by atoms with E-state index in [1.54, 1.807) is 0 Å². The van der Waals surface area contributed by atoms with Gasteiger partial charge in [0.1, 0.15) is 0 Å². The topological polar surface area (TPSA) is 20.3 Å². The van der Waals surface area contributed by atoms with Crippen LogP contribution in [0.5, 0.6) is 0 Å². The zero-order valence-corrected chi connectivity index (χ0v) is 11.5.